The van der Waals surface area contributed by atoms with E-state index >= 15 is 0 Å². The minimum absolute atomic E-state index is 0.110. The van der Waals surface area contributed by atoms with Crippen LogP contribution in [0.3, 0.4) is 0 Å². The number of alkyl halides is 1. The Balaban J connectivity index is 2.17. The molecule has 1 N–H and O–H groups in total. The van der Waals surface area contributed by atoms with E-state index in [1.807, 2.05) is 30.3 Å². The van der Waals surface area contributed by atoms with Gasteiger partial charge >= 0.3 is 0 Å². The average Bonchev–Trinajstić information content (AvgIpc) is 2.44. The summed E-state index contributed by atoms with van der Waals surface area (Å²) in [6, 6.07) is 14.4. The number of hydrogen-bond donors (Lipinski definition) is 1. The highest BCUT2D eigenvalue weighted by Gasteiger charge is 2.15. The summed E-state index contributed by atoms with van der Waals surface area (Å²) in [4.78, 5) is 12.2. The van der Waals surface area contributed by atoms with E-state index < -0.39 is 0 Å². The van der Waals surface area contributed by atoms with E-state index in [1.54, 1.807) is 18.2 Å². The van der Waals surface area contributed by atoms with Crippen molar-refractivity contribution in [2.45, 2.75) is 6.04 Å². The predicted molar refractivity (Wildman–Crippen MR) is 86.9 cm³/mol. The molecule has 0 heterocycles. The first-order chi connectivity index (χ1) is 9.60. The van der Waals surface area contributed by atoms with E-state index in [0.29, 0.717) is 20.9 Å². The fraction of sp³-hybridized carbons (Fsp3) is 0.133. The van der Waals surface area contributed by atoms with Crippen LogP contribution in [0, 0.1) is 0 Å². The first-order valence-electron chi connectivity index (χ1n) is 5.98. The summed E-state index contributed by atoms with van der Waals surface area (Å²) in [5.74, 6) is -0.206. The zero-order valence-electron chi connectivity index (χ0n) is 10.4. The topological polar surface area (TPSA) is 29.1 Å². The summed E-state index contributed by atoms with van der Waals surface area (Å²) in [6.45, 7) is 0. The van der Waals surface area contributed by atoms with Gasteiger partial charge in [0.25, 0.3) is 5.91 Å². The molecule has 0 aromatic heterocycles. The molecule has 1 atom stereocenters. The maximum atomic E-state index is 12.2. The number of carbonyl (C=O) groups excluding carboxylic acids is 1. The van der Waals surface area contributed by atoms with Crippen LogP contribution in [0.4, 0.5) is 0 Å². The third kappa shape index (κ3) is 3.98. The van der Waals surface area contributed by atoms with E-state index in [9.17, 15) is 4.79 Å². The quantitative estimate of drug-likeness (QED) is 0.763. The van der Waals surface area contributed by atoms with Crippen molar-refractivity contribution >= 4 is 45.0 Å². The van der Waals surface area contributed by atoms with Gasteiger partial charge in [0.1, 0.15) is 0 Å². The third-order valence-electron chi connectivity index (χ3n) is 2.79. The van der Waals surface area contributed by atoms with Crippen molar-refractivity contribution in [3.8, 4) is 0 Å². The van der Waals surface area contributed by atoms with Crippen molar-refractivity contribution in [3.63, 3.8) is 0 Å². The van der Waals surface area contributed by atoms with Gasteiger partial charge in [-0.05, 0) is 23.8 Å². The van der Waals surface area contributed by atoms with Gasteiger partial charge in [-0.25, -0.2) is 0 Å². The van der Waals surface area contributed by atoms with Gasteiger partial charge in [0.15, 0.2) is 0 Å². The number of halogens is 3. The first kappa shape index (κ1) is 15.4. The Hall–Kier alpha value is -1.03. The Morgan fingerprint density at radius 3 is 2.25 bits per heavy atom. The molecule has 0 saturated carbocycles. The number of carbonyl (C=O) groups is 1. The molecule has 0 aliphatic heterocycles. The Labute approximate surface area is 136 Å². The van der Waals surface area contributed by atoms with Gasteiger partial charge in [-0.2, -0.15) is 0 Å². The summed E-state index contributed by atoms with van der Waals surface area (Å²) in [7, 11) is 0. The lowest BCUT2D eigenvalue weighted by molar-refractivity contribution is 0.0941. The highest BCUT2D eigenvalue weighted by atomic mass is 79.9. The maximum absolute atomic E-state index is 12.2. The summed E-state index contributed by atoms with van der Waals surface area (Å²) >= 11 is 15.2. The lowest BCUT2D eigenvalue weighted by Crippen LogP contribution is -2.29. The molecule has 1 unspecified atom stereocenters. The standard InChI is InChI=1S/C15H12BrCl2NO/c16-9-14(10-4-2-1-3-5-10)19-15(20)11-6-12(17)8-13(18)7-11/h1-8,14H,9H2,(H,19,20). The van der Waals surface area contributed by atoms with Crippen molar-refractivity contribution < 1.29 is 4.79 Å². The highest BCUT2D eigenvalue weighted by molar-refractivity contribution is 9.09. The van der Waals surface area contributed by atoms with Gasteiger partial charge < -0.3 is 5.32 Å². The van der Waals surface area contributed by atoms with Crippen LogP contribution in [0.1, 0.15) is 22.0 Å². The Kier molecular flexibility index (Phi) is 5.46. The molecule has 0 saturated heterocycles. The molecule has 5 heteroatoms. The summed E-state index contributed by atoms with van der Waals surface area (Å²) in [6.07, 6.45) is 0. The van der Waals surface area contributed by atoms with Crippen LogP contribution in [0.25, 0.3) is 0 Å². The molecule has 2 aromatic rings. The zero-order chi connectivity index (χ0) is 14.5. The minimum Gasteiger partial charge on any atom is -0.344 e. The molecule has 2 nitrogen and oxygen atoms in total. The first-order valence-corrected chi connectivity index (χ1v) is 7.86. The molecule has 0 aliphatic carbocycles. The van der Waals surface area contributed by atoms with Crippen molar-refractivity contribution in [3.05, 3.63) is 69.7 Å². The second-order valence-corrected chi connectivity index (χ2v) is 5.77. The fourth-order valence-electron chi connectivity index (χ4n) is 1.82. The molecule has 0 fully saturated rings. The molecular formula is C15H12BrCl2NO. The summed E-state index contributed by atoms with van der Waals surface area (Å²) in [5, 5.41) is 4.46. The van der Waals surface area contributed by atoms with E-state index in [4.69, 9.17) is 23.2 Å². The summed E-state index contributed by atoms with van der Waals surface area (Å²) < 4.78 is 0. The van der Waals surface area contributed by atoms with Crippen LogP contribution < -0.4 is 5.32 Å². The van der Waals surface area contributed by atoms with Gasteiger partial charge in [-0.1, -0.05) is 69.5 Å². The minimum atomic E-state index is -0.206. The highest BCUT2D eigenvalue weighted by Crippen LogP contribution is 2.21. The molecule has 0 radical (unpaired) electrons. The second-order valence-electron chi connectivity index (χ2n) is 4.25. The van der Waals surface area contributed by atoms with Crippen LogP contribution in [0.15, 0.2) is 48.5 Å². The van der Waals surface area contributed by atoms with Gasteiger partial charge in [0.05, 0.1) is 6.04 Å². The van der Waals surface area contributed by atoms with Crippen molar-refractivity contribution in [1.82, 2.24) is 5.32 Å². The zero-order valence-corrected chi connectivity index (χ0v) is 13.5. The van der Waals surface area contributed by atoms with Crippen molar-refractivity contribution in [2.24, 2.45) is 0 Å². The summed E-state index contributed by atoms with van der Waals surface area (Å²) in [5.41, 5.74) is 1.48. The third-order valence-corrected chi connectivity index (χ3v) is 3.87. The van der Waals surface area contributed by atoms with Crippen LogP contribution in [-0.4, -0.2) is 11.2 Å². The maximum Gasteiger partial charge on any atom is 0.251 e. The van der Waals surface area contributed by atoms with E-state index in [2.05, 4.69) is 21.2 Å². The second kappa shape index (κ2) is 7.11. The monoisotopic (exact) mass is 371 g/mol. The fourth-order valence-corrected chi connectivity index (χ4v) is 2.88. The SMILES string of the molecule is O=C(NC(CBr)c1ccccc1)c1cc(Cl)cc(Cl)c1. The molecule has 20 heavy (non-hydrogen) atoms. The smallest absolute Gasteiger partial charge is 0.251 e. The largest absolute Gasteiger partial charge is 0.344 e. The van der Waals surface area contributed by atoms with Crippen LogP contribution >= 0.6 is 39.1 Å². The lowest BCUT2D eigenvalue weighted by Gasteiger charge is -2.17. The normalized spacial score (nSPS) is 11.9. The predicted octanol–water partition coefficient (Wildman–Crippen LogP) is 4.86. The molecule has 0 spiro atoms. The van der Waals surface area contributed by atoms with Gasteiger partial charge in [-0.3, -0.25) is 4.79 Å². The van der Waals surface area contributed by atoms with Gasteiger partial charge in [0.2, 0.25) is 0 Å². The number of hydrogen-bond acceptors (Lipinski definition) is 1. The molecular weight excluding hydrogens is 361 g/mol. The number of nitrogens with one attached hydrogen (secondary N) is 1. The van der Waals surface area contributed by atoms with Crippen LogP contribution in [-0.2, 0) is 0 Å². The van der Waals surface area contributed by atoms with E-state index in [1.165, 1.54) is 0 Å². The molecule has 0 aliphatic rings. The van der Waals surface area contributed by atoms with Gasteiger partial charge in [-0.15, -0.1) is 0 Å². The molecule has 2 aromatic carbocycles. The number of benzene rings is 2. The van der Waals surface area contributed by atoms with Crippen LogP contribution in [0.5, 0.6) is 0 Å². The molecule has 0 bridgehead atoms. The van der Waals surface area contributed by atoms with Crippen molar-refractivity contribution in [1.29, 1.82) is 0 Å². The van der Waals surface area contributed by atoms with Crippen molar-refractivity contribution in [2.75, 3.05) is 5.33 Å². The Morgan fingerprint density at radius 2 is 1.70 bits per heavy atom. The average molecular weight is 373 g/mol. The molecule has 1 amide bonds. The molecule has 104 valence electrons. The van der Waals surface area contributed by atoms with E-state index in [0.717, 1.165) is 5.56 Å². The lowest BCUT2D eigenvalue weighted by atomic mass is 10.1. The number of rotatable bonds is 4. The Bertz CT molecular complexity index is 584. The number of amides is 1. The Morgan fingerprint density at radius 1 is 1.10 bits per heavy atom. The molecule has 2 rings (SSSR count). The van der Waals surface area contributed by atoms with E-state index in [-0.39, 0.29) is 11.9 Å². The van der Waals surface area contributed by atoms with Gasteiger partial charge in [0, 0.05) is 20.9 Å². The van der Waals surface area contributed by atoms with Crippen LogP contribution in [0.2, 0.25) is 10.0 Å².